The number of carbonyl (C=O) groups is 1. The van der Waals surface area contributed by atoms with Gasteiger partial charge in [-0.25, -0.2) is 0 Å². The van der Waals surface area contributed by atoms with Gasteiger partial charge in [0.25, 0.3) is 0 Å². The lowest BCUT2D eigenvalue weighted by Crippen LogP contribution is -2.46. The molecule has 15 heavy (non-hydrogen) atoms. The molecule has 5 atom stereocenters. The smallest absolute Gasteiger partial charge is 0.186 e. The summed E-state index contributed by atoms with van der Waals surface area (Å²) in [5.41, 5.74) is 0. The zero-order valence-corrected chi connectivity index (χ0v) is 9.51. The zero-order chi connectivity index (χ0) is 10.6. The molecule has 1 spiro atoms. The summed E-state index contributed by atoms with van der Waals surface area (Å²) in [5, 5.41) is 0. The molecular formula is C9H10O4S2. The maximum atomic E-state index is 12.0. The van der Waals surface area contributed by atoms with Gasteiger partial charge in [0.1, 0.15) is 6.10 Å². The number of fused-ring (bicyclic) bond motifs is 3. The quantitative estimate of drug-likeness (QED) is 0.577. The fraction of sp³-hybridized carbons (Fsp3) is 0.667. The monoisotopic (exact) mass is 246 g/mol. The number of hydrogen-bond donors (Lipinski definition) is 0. The lowest BCUT2D eigenvalue weighted by atomic mass is 10.1. The number of ketones is 1. The van der Waals surface area contributed by atoms with Crippen LogP contribution < -0.4 is 0 Å². The SMILES string of the molecule is O=C1C=C[C@H]2CC3([C@@H]1O2)[S@](=O)CC[S@@]3=O. The summed E-state index contributed by atoms with van der Waals surface area (Å²) in [6, 6.07) is 0. The van der Waals surface area contributed by atoms with E-state index in [9.17, 15) is 13.2 Å². The van der Waals surface area contributed by atoms with Crippen molar-refractivity contribution in [3.05, 3.63) is 12.2 Å². The van der Waals surface area contributed by atoms with Gasteiger partial charge < -0.3 is 4.74 Å². The van der Waals surface area contributed by atoms with E-state index in [1.807, 2.05) is 0 Å². The summed E-state index contributed by atoms with van der Waals surface area (Å²) in [4.78, 5) is 11.6. The molecule has 2 saturated heterocycles. The van der Waals surface area contributed by atoms with Gasteiger partial charge in [-0.2, -0.15) is 0 Å². The highest BCUT2D eigenvalue weighted by Gasteiger charge is 2.62. The maximum Gasteiger partial charge on any atom is 0.186 e. The van der Waals surface area contributed by atoms with E-state index in [0.717, 1.165) is 0 Å². The molecule has 2 bridgehead atoms. The first-order valence-electron chi connectivity index (χ1n) is 4.79. The molecule has 0 radical (unpaired) electrons. The molecule has 6 heteroatoms. The molecule has 0 aromatic carbocycles. The number of rotatable bonds is 0. The Kier molecular flexibility index (Phi) is 2.03. The molecule has 0 amide bonds. The highest BCUT2D eigenvalue weighted by atomic mass is 32.3. The minimum Gasteiger partial charge on any atom is -0.360 e. The van der Waals surface area contributed by atoms with Gasteiger partial charge in [-0.15, -0.1) is 0 Å². The first-order valence-corrected chi connectivity index (χ1v) is 7.43. The Morgan fingerprint density at radius 3 is 2.67 bits per heavy atom. The van der Waals surface area contributed by atoms with Gasteiger partial charge in [0.15, 0.2) is 9.86 Å². The third-order valence-electron chi connectivity index (χ3n) is 3.15. The summed E-state index contributed by atoms with van der Waals surface area (Å²) in [5.74, 6) is 0.659. The molecule has 3 heterocycles. The van der Waals surface area contributed by atoms with Crippen LogP contribution in [0, 0.1) is 0 Å². The van der Waals surface area contributed by atoms with Crippen molar-refractivity contribution in [3.63, 3.8) is 0 Å². The summed E-state index contributed by atoms with van der Waals surface area (Å²) in [6.07, 6.45) is 2.69. The van der Waals surface area contributed by atoms with Crippen molar-refractivity contribution in [2.75, 3.05) is 11.5 Å². The minimum atomic E-state index is -1.20. The Labute approximate surface area is 92.0 Å². The van der Waals surface area contributed by atoms with Crippen LogP contribution in [0.25, 0.3) is 0 Å². The minimum absolute atomic E-state index is 0.182. The zero-order valence-electron chi connectivity index (χ0n) is 7.88. The van der Waals surface area contributed by atoms with Gasteiger partial charge in [-0.3, -0.25) is 13.2 Å². The first-order chi connectivity index (χ1) is 7.14. The third kappa shape index (κ3) is 1.13. The molecule has 3 rings (SSSR count). The standard InChI is InChI=1S/C9H10O4S2/c10-7-2-1-6-5-9(8(7)13-6)14(11)3-4-15(9)12/h1-2,6,8H,3-5H2/t6-,8+,9?,14-,15+/m0/s1. The molecule has 0 N–H and O–H groups in total. The van der Waals surface area contributed by atoms with E-state index in [2.05, 4.69) is 0 Å². The van der Waals surface area contributed by atoms with Crippen molar-refractivity contribution in [1.29, 1.82) is 0 Å². The van der Waals surface area contributed by atoms with Crippen molar-refractivity contribution >= 4 is 27.4 Å². The molecule has 1 unspecified atom stereocenters. The van der Waals surface area contributed by atoms with E-state index in [1.165, 1.54) is 6.08 Å². The lowest BCUT2D eigenvalue weighted by Gasteiger charge is -2.24. The van der Waals surface area contributed by atoms with Crippen LogP contribution in [0.4, 0.5) is 0 Å². The largest absolute Gasteiger partial charge is 0.360 e. The summed E-state index contributed by atoms with van der Waals surface area (Å²) in [7, 11) is -2.41. The summed E-state index contributed by atoms with van der Waals surface area (Å²) in [6.45, 7) is 0. The van der Waals surface area contributed by atoms with Gasteiger partial charge in [0.05, 0.1) is 6.10 Å². The van der Waals surface area contributed by atoms with Crippen LogP contribution in [-0.2, 0) is 31.1 Å². The first kappa shape index (κ1) is 9.86. The predicted octanol–water partition coefficient (Wildman–Crippen LogP) is -0.510. The molecule has 3 aliphatic rings. The average molecular weight is 246 g/mol. The Bertz CT molecular complexity index is 398. The van der Waals surface area contributed by atoms with Crippen molar-refractivity contribution in [3.8, 4) is 0 Å². The third-order valence-corrected chi connectivity index (χ3v) is 7.98. The number of hydrogen-bond acceptors (Lipinski definition) is 4. The topological polar surface area (TPSA) is 60.4 Å². The highest BCUT2D eigenvalue weighted by molar-refractivity contribution is 8.07. The van der Waals surface area contributed by atoms with Crippen molar-refractivity contribution in [2.45, 2.75) is 22.7 Å². The predicted molar refractivity (Wildman–Crippen MR) is 56.2 cm³/mol. The normalized spacial score (nSPS) is 52.9. The number of carbonyl (C=O) groups excluding carboxylic acids is 1. The fourth-order valence-corrected chi connectivity index (χ4v) is 7.18. The Balaban J connectivity index is 2.11. The van der Waals surface area contributed by atoms with Crippen LogP contribution in [0.3, 0.4) is 0 Å². The van der Waals surface area contributed by atoms with Crippen molar-refractivity contribution < 1.29 is 17.9 Å². The maximum absolute atomic E-state index is 12.0. The summed E-state index contributed by atoms with van der Waals surface area (Å²) >= 11 is 0. The van der Waals surface area contributed by atoms with Gasteiger partial charge in [0, 0.05) is 39.5 Å². The average Bonchev–Trinajstić information content (AvgIpc) is 2.69. The molecule has 3 aliphatic heterocycles. The Morgan fingerprint density at radius 1 is 1.33 bits per heavy atom. The molecule has 2 fully saturated rings. The van der Waals surface area contributed by atoms with Gasteiger partial charge in [-0.1, -0.05) is 6.08 Å². The molecular weight excluding hydrogens is 236 g/mol. The second kappa shape index (κ2) is 3.09. The molecule has 0 aromatic heterocycles. The van der Waals surface area contributed by atoms with Crippen LogP contribution in [0.1, 0.15) is 6.42 Å². The van der Waals surface area contributed by atoms with E-state index >= 15 is 0 Å². The molecule has 0 aromatic rings. The fourth-order valence-electron chi connectivity index (χ4n) is 2.43. The van der Waals surface area contributed by atoms with E-state index in [4.69, 9.17) is 4.74 Å². The highest BCUT2D eigenvalue weighted by Crippen LogP contribution is 2.44. The second-order valence-corrected chi connectivity index (χ2v) is 7.85. The van der Waals surface area contributed by atoms with Gasteiger partial charge in [-0.05, 0) is 6.08 Å². The van der Waals surface area contributed by atoms with E-state index < -0.39 is 31.8 Å². The van der Waals surface area contributed by atoms with Crippen LogP contribution in [0.5, 0.6) is 0 Å². The van der Waals surface area contributed by atoms with Gasteiger partial charge in [0.2, 0.25) is 0 Å². The van der Waals surface area contributed by atoms with E-state index in [1.54, 1.807) is 6.08 Å². The van der Waals surface area contributed by atoms with Crippen LogP contribution >= 0.6 is 0 Å². The van der Waals surface area contributed by atoms with E-state index in [0.29, 0.717) is 17.9 Å². The van der Waals surface area contributed by atoms with Crippen LogP contribution in [0.2, 0.25) is 0 Å². The van der Waals surface area contributed by atoms with Crippen molar-refractivity contribution in [2.24, 2.45) is 0 Å². The summed E-state index contributed by atoms with van der Waals surface area (Å²) < 4.78 is 28.5. The molecule has 0 saturated carbocycles. The molecule has 4 nitrogen and oxygen atoms in total. The lowest BCUT2D eigenvalue weighted by molar-refractivity contribution is -0.125. The van der Waals surface area contributed by atoms with E-state index in [-0.39, 0.29) is 11.9 Å². The van der Waals surface area contributed by atoms with Crippen LogP contribution in [-0.4, -0.2) is 42.0 Å². The Hall–Kier alpha value is -0.330. The van der Waals surface area contributed by atoms with Gasteiger partial charge >= 0.3 is 0 Å². The molecule has 82 valence electrons. The molecule has 0 aliphatic carbocycles. The van der Waals surface area contributed by atoms with Crippen LogP contribution in [0.15, 0.2) is 12.2 Å². The van der Waals surface area contributed by atoms with Crippen molar-refractivity contribution in [1.82, 2.24) is 0 Å². The second-order valence-electron chi connectivity index (χ2n) is 3.93. The Morgan fingerprint density at radius 2 is 2.00 bits per heavy atom. The number of ether oxygens (including phenoxy) is 1.